The highest BCUT2D eigenvalue weighted by molar-refractivity contribution is 5.46. The smallest absolute Gasteiger partial charge is 0.124 e. The Hall–Kier alpha value is -1.85. The van der Waals surface area contributed by atoms with E-state index in [4.69, 9.17) is 4.74 Å². The van der Waals surface area contributed by atoms with Crippen LogP contribution in [-0.2, 0) is 19.9 Å². The quantitative estimate of drug-likeness (QED) is 0.898. The molecule has 5 nitrogen and oxygen atoms in total. The molecular weight excluding hydrogens is 314 g/mol. The molecule has 2 aromatic rings. The molecule has 0 bridgehead atoms. The van der Waals surface area contributed by atoms with Crippen molar-refractivity contribution in [2.45, 2.75) is 50.7 Å². The summed E-state index contributed by atoms with van der Waals surface area (Å²) in [6.45, 7) is 1.29. The molecule has 0 saturated heterocycles. The van der Waals surface area contributed by atoms with Gasteiger partial charge in [-0.05, 0) is 55.7 Å². The van der Waals surface area contributed by atoms with Gasteiger partial charge in [0.25, 0.3) is 0 Å². The zero-order chi connectivity index (χ0) is 17.2. The molecule has 2 N–H and O–H groups in total. The van der Waals surface area contributed by atoms with E-state index in [-0.39, 0.29) is 6.04 Å². The molecule has 134 valence electrons. The fourth-order valence-corrected chi connectivity index (χ4v) is 4.00. The van der Waals surface area contributed by atoms with E-state index in [1.165, 1.54) is 42.4 Å². The lowest BCUT2D eigenvalue weighted by atomic mass is 9.88. The van der Waals surface area contributed by atoms with Crippen LogP contribution in [0.1, 0.15) is 60.1 Å². The Morgan fingerprint density at radius 3 is 2.84 bits per heavy atom. The maximum absolute atomic E-state index is 10.4. The molecule has 2 aliphatic rings. The number of nitrogens with one attached hydrogen (secondary N) is 1. The van der Waals surface area contributed by atoms with Crippen LogP contribution in [0.3, 0.4) is 0 Å². The highest BCUT2D eigenvalue weighted by atomic mass is 16.5. The predicted octanol–water partition coefficient (Wildman–Crippen LogP) is 2.84. The minimum absolute atomic E-state index is 0.232. The molecule has 5 heteroatoms. The molecular formula is C20H27N3O2. The van der Waals surface area contributed by atoms with Crippen molar-refractivity contribution < 1.29 is 9.84 Å². The summed E-state index contributed by atoms with van der Waals surface area (Å²) in [6, 6.07) is 4.85. The van der Waals surface area contributed by atoms with Crippen molar-refractivity contribution in [2.75, 3.05) is 13.2 Å². The summed E-state index contributed by atoms with van der Waals surface area (Å²) in [6.07, 6.45) is 10.0. The summed E-state index contributed by atoms with van der Waals surface area (Å²) in [5, 5.41) is 18.1. The van der Waals surface area contributed by atoms with E-state index in [0.717, 1.165) is 30.8 Å². The van der Waals surface area contributed by atoms with E-state index in [9.17, 15) is 5.11 Å². The SMILES string of the molecule is Cn1cc([C@@H](O)CN[C@@H]2CCCOc3cc4c(cc32)CCCC4)cn1. The lowest BCUT2D eigenvalue weighted by molar-refractivity contribution is 0.169. The van der Waals surface area contributed by atoms with Crippen LogP contribution in [0.5, 0.6) is 5.75 Å². The molecule has 1 aromatic carbocycles. The van der Waals surface area contributed by atoms with E-state index < -0.39 is 6.10 Å². The van der Waals surface area contributed by atoms with Crippen molar-refractivity contribution >= 4 is 0 Å². The first-order valence-electron chi connectivity index (χ1n) is 9.39. The van der Waals surface area contributed by atoms with Crippen LogP contribution >= 0.6 is 0 Å². The lowest BCUT2D eigenvalue weighted by Crippen LogP contribution is -2.26. The Balaban J connectivity index is 1.52. The molecule has 0 unspecified atom stereocenters. The molecule has 0 radical (unpaired) electrons. The topological polar surface area (TPSA) is 59.3 Å². The summed E-state index contributed by atoms with van der Waals surface area (Å²) in [5.41, 5.74) is 5.05. The van der Waals surface area contributed by atoms with Gasteiger partial charge >= 0.3 is 0 Å². The fourth-order valence-electron chi connectivity index (χ4n) is 4.00. The minimum Gasteiger partial charge on any atom is -0.493 e. The Morgan fingerprint density at radius 1 is 1.28 bits per heavy atom. The van der Waals surface area contributed by atoms with Gasteiger partial charge in [-0.3, -0.25) is 4.68 Å². The summed E-state index contributed by atoms with van der Waals surface area (Å²) < 4.78 is 7.75. The first kappa shape index (κ1) is 16.6. The van der Waals surface area contributed by atoms with Crippen LogP contribution in [0, 0.1) is 0 Å². The maximum atomic E-state index is 10.4. The molecule has 0 spiro atoms. The molecule has 2 heterocycles. The van der Waals surface area contributed by atoms with Crippen molar-refractivity contribution in [2.24, 2.45) is 7.05 Å². The summed E-state index contributed by atoms with van der Waals surface area (Å²) in [5.74, 6) is 1.03. The van der Waals surface area contributed by atoms with Crippen molar-refractivity contribution in [3.63, 3.8) is 0 Å². The third-order valence-corrected chi connectivity index (χ3v) is 5.41. The Bertz CT molecular complexity index is 741. The van der Waals surface area contributed by atoms with Crippen LogP contribution in [0.15, 0.2) is 24.5 Å². The number of aryl methyl sites for hydroxylation is 3. The van der Waals surface area contributed by atoms with Gasteiger partial charge < -0.3 is 15.2 Å². The second-order valence-electron chi connectivity index (χ2n) is 7.28. The van der Waals surface area contributed by atoms with Crippen molar-refractivity contribution in [1.29, 1.82) is 0 Å². The molecule has 1 aromatic heterocycles. The number of hydrogen-bond donors (Lipinski definition) is 2. The van der Waals surface area contributed by atoms with Gasteiger partial charge in [0.05, 0.1) is 18.9 Å². The minimum atomic E-state index is -0.543. The molecule has 1 aliphatic heterocycles. The van der Waals surface area contributed by atoms with Crippen LogP contribution in [0.4, 0.5) is 0 Å². The molecule has 0 fully saturated rings. The summed E-state index contributed by atoms with van der Waals surface area (Å²) >= 11 is 0. The van der Waals surface area contributed by atoms with Gasteiger partial charge in [-0.15, -0.1) is 0 Å². The third kappa shape index (κ3) is 3.58. The van der Waals surface area contributed by atoms with Gasteiger partial charge in [0.15, 0.2) is 0 Å². The number of ether oxygens (including phenoxy) is 1. The number of hydrogen-bond acceptors (Lipinski definition) is 4. The predicted molar refractivity (Wildman–Crippen MR) is 96.7 cm³/mol. The second kappa shape index (κ2) is 7.18. The van der Waals surface area contributed by atoms with E-state index in [1.54, 1.807) is 10.9 Å². The van der Waals surface area contributed by atoms with Crippen molar-refractivity contribution in [3.8, 4) is 5.75 Å². The van der Waals surface area contributed by atoms with Gasteiger partial charge in [-0.2, -0.15) is 5.10 Å². The number of aliphatic hydroxyl groups is 1. The standard InChI is InChI=1S/C20H27N3O2/c1-23-13-16(11-22-23)19(24)12-21-18-7-4-8-25-20-10-15-6-3-2-5-14(15)9-17(18)20/h9-11,13,18-19,21,24H,2-8,12H2,1H3/t18-,19+/m1/s1. The first-order valence-corrected chi connectivity index (χ1v) is 9.39. The van der Waals surface area contributed by atoms with Crippen molar-refractivity contribution in [1.82, 2.24) is 15.1 Å². The molecule has 0 saturated carbocycles. The van der Waals surface area contributed by atoms with Gasteiger partial charge in [-0.1, -0.05) is 6.07 Å². The van der Waals surface area contributed by atoms with Gasteiger partial charge in [0.1, 0.15) is 5.75 Å². The van der Waals surface area contributed by atoms with Crippen LogP contribution in [0.2, 0.25) is 0 Å². The largest absolute Gasteiger partial charge is 0.493 e. The van der Waals surface area contributed by atoms with Gasteiger partial charge in [0.2, 0.25) is 0 Å². The monoisotopic (exact) mass is 341 g/mol. The molecule has 0 amide bonds. The van der Waals surface area contributed by atoms with E-state index in [0.29, 0.717) is 6.54 Å². The number of fused-ring (bicyclic) bond motifs is 2. The normalized spacial score (nSPS) is 21.0. The Morgan fingerprint density at radius 2 is 2.08 bits per heavy atom. The lowest BCUT2D eigenvalue weighted by Gasteiger charge is -2.24. The number of aromatic nitrogens is 2. The molecule has 25 heavy (non-hydrogen) atoms. The summed E-state index contributed by atoms with van der Waals surface area (Å²) in [4.78, 5) is 0. The molecule has 1 aliphatic carbocycles. The van der Waals surface area contributed by atoms with Crippen LogP contribution in [-0.4, -0.2) is 28.0 Å². The van der Waals surface area contributed by atoms with E-state index in [2.05, 4.69) is 22.5 Å². The second-order valence-corrected chi connectivity index (χ2v) is 7.28. The number of aliphatic hydroxyl groups excluding tert-OH is 1. The van der Waals surface area contributed by atoms with Crippen LogP contribution < -0.4 is 10.1 Å². The van der Waals surface area contributed by atoms with Gasteiger partial charge in [-0.25, -0.2) is 0 Å². The number of benzene rings is 1. The Labute approximate surface area is 149 Å². The highest BCUT2D eigenvalue weighted by Crippen LogP contribution is 2.36. The Kier molecular flexibility index (Phi) is 4.77. The molecule has 2 atom stereocenters. The number of nitrogens with zero attached hydrogens (tertiary/aromatic N) is 2. The van der Waals surface area contributed by atoms with E-state index >= 15 is 0 Å². The fraction of sp³-hybridized carbons (Fsp3) is 0.550. The average molecular weight is 341 g/mol. The van der Waals surface area contributed by atoms with Crippen LogP contribution in [0.25, 0.3) is 0 Å². The molecule has 4 rings (SSSR count). The van der Waals surface area contributed by atoms with E-state index in [1.807, 2.05) is 13.2 Å². The summed E-state index contributed by atoms with van der Waals surface area (Å²) in [7, 11) is 1.87. The first-order chi connectivity index (χ1) is 12.2. The third-order valence-electron chi connectivity index (χ3n) is 5.41. The zero-order valence-electron chi connectivity index (χ0n) is 14.9. The average Bonchev–Trinajstić information content (AvgIpc) is 2.97. The highest BCUT2D eigenvalue weighted by Gasteiger charge is 2.23. The number of rotatable bonds is 4. The zero-order valence-corrected chi connectivity index (χ0v) is 14.9. The van der Waals surface area contributed by atoms with Crippen molar-refractivity contribution in [3.05, 3.63) is 46.8 Å². The maximum Gasteiger partial charge on any atom is 0.124 e. The van der Waals surface area contributed by atoms with Gasteiger partial charge in [0, 0.05) is 37.0 Å².